The highest BCUT2D eigenvalue weighted by atomic mass is 14.7. The molecule has 0 bridgehead atoms. The Morgan fingerprint density at radius 3 is 3.14 bits per heavy atom. The topological polar surface area (TPSA) is 39.6 Å². The van der Waals surface area contributed by atoms with E-state index in [1.807, 2.05) is 30.5 Å². The first-order chi connectivity index (χ1) is 6.90. The minimum absolute atomic E-state index is 0.461. The lowest BCUT2D eigenvalue weighted by Gasteiger charge is -1.93. The molecule has 1 aromatic heterocycles. The minimum atomic E-state index is 0.461. The highest BCUT2D eigenvalue weighted by Gasteiger charge is 1.93. The van der Waals surface area contributed by atoms with Gasteiger partial charge in [0.2, 0.25) is 0 Å². The number of aromatic amines is 1. The third-order valence-electron chi connectivity index (χ3n) is 2.10. The molecular weight excluding hydrogens is 172 g/mol. The second-order valence-electron chi connectivity index (χ2n) is 3.09. The Morgan fingerprint density at radius 2 is 2.29 bits per heavy atom. The summed E-state index contributed by atoms with van der Waals surface area (Å²) in [5, 5.41) is 9.59. The van der Waals surface area contributed by atoms with Crippen molar-refractivity contribution in [3.8, 4) is 6.07 Å². The summed E-state index contributed by atoms with van der Waals surface area (Å²) >= 11 is 0. The molecule has 0 aliphatic carbocycles. The zero-order valence-electron chi connectivity index (χ0n) is 7.70. The van der Waals surface area contributed by atoms with E-state index in [-0.39, 0.29) is 0 Å². The minimum Gasteiger partial charge on any atom is -0.361 e. The smallest absolute Gasteiger partial charge is 0.0663 e. The quantitative estimate of drug-likeness (QED) is 0.761. The molecule has 0 radical (unpaired) electrons. The first-order valence-electron chi connectivity index (χ1n) is 4.51. The van der Waals surface area contributed by atoms with Crippen LogP contribution in [0.3, 0.4) is 0 Å². The van der Waals surface area contributed by atoms with Gasteiger partial charge in [-0.1, -0.05) is 24.3 Å². The van der Waals surface area contributed by atoms with Gasteiger partial charge in [0.25, 0.3) is 0 Å². The largest absolute Gasteiger partial charge is 0.361 e. The van der Waals surface area contributed by atoms with Crippen molar-refractivity contribution >= 4 is 17.0 Å². The third kappa shape index (κ3) is 1.67. The molecule has 1 aromatic carbocycles. The van der Waals surface area contributed by atoms with E-state index < -0.39 is 0 Å². The van der Waals surface area contributed by atoms with E-state index in [1.165, 1.54) is 5.39 Å². The summed E-state index contributed by atoms with van der Waals surface area (Å²) in [5.41, 5.74) is 2.25. The average molecular weight is 182 g/mol. The lowest BCUT2D eigenvalue weighted by atomic mass is 10.1. The zero-order valence-corrected chi connectivity index (χ0v) is 7.70. The molecule has 0 unspecified atom stereocenters. The van der Waals surface area contributed by atoms with Crippen LogP contribution < -0.4 is 0 Å². The number of benzene rings is 1. The zero-order chi connectivity index (χ0) is 9.80. The van der Waals surface area contributed by atoms with Crippen LogP contribution in [0.1, 0.15) is 12.0 Å². The molecule has 0 spiro atoms. The summed E-state index contributed by atoms with van der Waals surface area (Å²) in [6.07, 6.45) is 6.21. The van der Waals surface area contributed by atoms with E-state index in [0.29, 0.717) is 6.42 Å². The van der Waals surface area contributed by atoms with Gasteiger partial charge in [0.1, 0.15) is 0 Å². The molecule has 2 aromatic rings. The van der Waals surface area contributed by atoms with E-state index in [1.54, 1.807) is 0 Å². The Labute approximate surface area is 82.5 Å². The maximum atomic E-state index is 8.38. The van der Waals surface area contributed by atoms with Gasteiger partial charge in [-0.2, -0.15) is 5.26 Å². The van der Waals surface area contributed by atoms with Crippen LogP contribution in [0.15, 0.2) is 36.5 Å². The van der Waals surface area contributed by atoms with Crippen LogP contribution in [-0.4, -0.2) is 4.98 Å². The summed E-state index contributed by atoms with van der Waals surface area (Å²) in [7, 11) is 0. The molecule has 0 saturated carbocycles. The van der Waals surface area contributed by atoms with Crippen molar-refractivity contribution < 1.29 is 0 Å². The molecule has 1 heterocycles. The number of rotatable bonds is 2. The van der Waals surface area contributed by atoms with Gasteiger partial charge in [-0.25, -0.2) is 0 Å². The lowest BCUT2D eigenvalue weighted by molar-refractivity contribution is 1.36. The fourth-order valence-corrected chi connectivity index (χ4v) is 1.42. The first-order valence-corrected chi connectivity index (χ1v) is 4.51. The number of aromatic nitrogens is 1. The van der Waals surface area contributed by atoms with Crippen molar-refractivity contribution in [2.75, 3.05) is 0 Å². The standard InChI is InChI=1S/C12H10N2/c13-7-2-1-3-10-4-5-11-6-8-14-12(11)9-10/h1,3-6,8-9,14H,2H2. The van der Waals surface area contributed by atoms with Crippen molar-refractivity contribution in [3.63, 3.8) is 0 Å². The summed E-state index contributed by atoms with van der Waals surface area (Å²) < 4.78 is 0. The molecule has 0 fully saturated rings. The fourth-order valence-electron chi connectivity index (χ4n) is 1.42. The molecule has 1 N–H and O–H groups in total. The first kappa shape index (κ1) is 8.58. The van der Waals surface area contributed by atoms with Gasteiger partial charge in [-0.15, -0.1) is 0 Å². The second-order valence-corrected chi connectivity index (χ2v) is 3.09. The third-order valence-corrected chi connectivity index (χ3v) is 2.10. The Morgan fingerprint density at radius 1 is 1.36 bits per heavy atom. The number of hydrogen-bond donors (Lipinski definition) is 1. The van der Waals surface area contributed by atoms with E-state index in [0.717, 1.165) is 11.1 Å². The average Bonchev–Trinajstić information content (AvgIpc) is 2.65. The molecule has 0 aliphatic rings. The van der Waals surface area contributed by atoms with Gasteiger partial charge < -0.3 is 4.98 Å². The van der Waals surface area contributed by atoms with Gasteiger partial charge >= 0.3 is 0 Å². The van der Waals surface area contributed by atoms with Gasteiger partial charge in [-0.05, 0) is 23.1 Å². The van der Waals surface area contributed by atoms with Crippen LogP contribution in [0.4, 0.5) is 0 Å². The summed E-state index contributed by atoms with van der Waals surface area (Å²) in [6, 6.07) is 10.3. The second kappa shape index (κ2) is 3.80. The summed E-state index contributed by atoms with van der Waals surface area (Å²) in [4.78, 5) is 3.15. The number of H-pyrrole nitrogens is 1. The van der Waals surface area contributed by atoms with Gasteiger partial charge in [0, 0.05) is 11.7 Å². The van der Waals surface area contributed by atoms with E-state index in [9.17, 15) is 0 Å². The lowest BCUT2D eigenvalue weighted by Crippen LogP contribution is -1.72. The monoisotopic (exact) mass is 182 g/mol. The van der Waals surface area contributed by atoms with Crippen molar-refractivity contribution in [2.45, 2.75) is 6.42 Å². The number of nitrogens with one attached hydrogen (secondary N) is 1. The van der Waals surface area contributed by atoms with Crippen molar-refractivity contribution in [3.05, 3.63) is 42.1 Å². The van der Waals surface area contributed by atoms with Crippen LogP contribution >= 0.6 is 0 Å². The van der Waals surface area contributed by atoms with Crippen LogP contribution in [0.2, 0.25) is 0 Å². The number of nitriles is 1. The van der Waals surface area contributed by atoms with Gasteiger partial charge in [0.05, 0.1) is 12.5 Å². The van der Waals surface area contributed by atoms with Gasteiger partial charge in [-0.3, -0.25) is 0 Å². The number of hydrogen-bond acceptors (Lipinski definition) is 1. The molecule has 68 valence electrons. The molecule has 0 aliphatic heterocycles. The predicted molar refractivity (Wildman–Crippen MR) is 57.6 cm³/mol. The molecule has 2 nitrogen and oxygen atoms in total. The number of fused-ring (bicyclic) bond motifs is 1. The molecule has 0 amide bonds. The van der Waals surface area contributed by atoms with Crippen molar-refractivity contribution in [1.29, 1.82) is 5.26 Å². The highest BCUT2D eigenvalue weighted by molar-refractivity contribution is 5.81. The van der Waals surface area contributed by atoms with Crippen molar-refractivity contribution in [1.82, 2.24) is 4.98 Å². The van der Waals surface area contributed by atoms with Crippen molar-refractivity contribution in [2.24, 2.45) is 0 Å². The molecule has 2 rings (SSSR count). The molecule has 0 saturated heterocycles. The molecule has 14 heavy (non-hydrogen) atoms. The highest BCUT2D eigenvalue weighted by Crippen LogP contribution is 2.15. The van der Waals surface area contributed by atoms with Crippen LogP contribution in [0.25, 0.3) is 17.0 Å². The summed E-state index contributed by atoms with van der Waals surface area (Å²) in [5.74, 6) is 0. The van der Waals surface area contributed by atoms with E-state index in [4.69, 9.17) is 5.26 Å². The Hall–Kier alpha value is -2.01. The SMILES string of the molecule is N#CCC=Cc1ccc2cc[nH]c2c1. The number of nitrogens with zero attached hydrogens (tertiary/aromatic N) is 1. The number of allylic oxidation sites excluding steroid dienone is 1. The predicted octanol–water partition coefficient (Wildman–Crippen LogP) is 3.09. The Balaban J connectivity index is 2.31. The maximum Gasteiger partial charge on any atom is 0.0663 e. The Bertz CT molecular complexity index is 500. The van der Waals surface area contributed by atoms with Crippen LogP contribution in [0.5, 0.6) is 0 Å². The van der Waals surface area contributed by atoms with Crippen LogP contribution in [-0.2, 0) is 0 Å². The fraction of sp³-hybridized carbons (Fsp3) is 0.0833. The molecule has 0 atom stereocenters. The molecular formula is C12H10N2. The van der Waals surface area contributed by atoms with E-state index >= 15 is 0 Å². The molecule has 2 heteroatoms. The Kier molecular flexibility index (Phi) is 2.33. The maximum absolute atomic E-state index is 8.38. The summed E-state index contributed by atoms with van der Waals surface area (Å²) in [6.45, 7) is 0. The van der Waals surface area contributed by atoms with Crippen LogP contribution in [0, 0.1) is 11.3 Å². The van der Waals surface area contributed by atoms with Gasteiger partial charge in [0.15, 0.2) is 0 Å². The normalized spacial score (nSPS) is 10.8. The van der Waals surface area contributed by atoms with E-state index in [2.05, 4.69) is 23.2 Å².